The molecule has 2 saturated heterocycles. The fourth-order valence-electron chi connectivity index (χ4n) is 7.29. The van der Waals surface area contributed by atoms with Gasteiger partial charge in [-0.1, -0.05) is 18.2 Å². The van der Waals surface area contributed by atoms with E-state index in [0.29, 0.717) is 42.0 Å². The van der Waals surface area contributed by atoms with E-state index in [1.165, 1.54) is 49.1 Å². The van der Waals surface area contributed by atoms with Gasteiger partial charge in [0.15, 0.2) is 0 Å². The largest absolute Gasteiger partial charge is 0.343 e. The molecule has 4 heterocycles. The lowest BCUT2D eigenvalue weighted by molar-refractivity contribution is -0.133. The van der Waals surface area contributed by atoms with E-state index >= 15 is 0 Å². The number of aromatic nitrogens is 1. The number of carbonyl (C=O) groups is 2. The van der Waals surface area contributed by atoms with Gasteiger partial charge < -0.3 is 20.0 Å². The molecule has 1 saturated carbocycles. The molecule has 2 aliphatic carbocycles. The molecule has 1 N–H and O–H groups in total. The molecule has 1 aromatic heterocycles. The number of pyridine rings is 1. The number of likely N-dealkylation sites (tertiary alicyclic amines) is 2. The highest BCUT2D eigenvalue weighted by molar-refractivity contribution is 5.77. The highest BCUT2D eigenvalue weighted by Gasteiger charge is 2.54. The topological polar surface area (TPSA) is 68.8 Å². The van der Waals surface area contributed by atoms with Gasteiger partial charge in [0, 0.05) is 53.0 Å². The summed E-state index contributed by atoms with van der Waals surface area (Å²) in [4.78, 5) is 36.6. The second kappa shape index (κ2) is 10.8. The van der Waals surface area contributed by atoms with Crippen LogP contribution in [0.25, 0.3) is 0 Å². The smallest absolute Gasteiger partial charge is 0.317 e. The van der Waals surface area contributed by atoms with Crippen molar-refractivity contribution in [1.29, 1.82) is 0 Å². The van der Waals surface area contributed by atoms with Crippen LogP contribution in [-0.2, 0) is 17.8 Å². The van der Waals surface area contributed by atoms with Crippen molar-refractivity contribution in [2.24, 2.45) is 23.2 Å². The minimum Gasteiger partial charge on any atom is -0.343 e. The molecule has 2 atom stereocenters. The van der Waals surface area contributed by atoms with Crippen LogP contribution in [0.3, 0.4) is 0 Å². The molecule has 1 aromatic rings. The third kappa shape index (κ3) is 5.54. The maximum absolute atomic E-state index is 13.2. The molecular formula is C31H45N5O2. The fourth-order valence-corrected chi connectivity index (χ4v) is 7.29. The van der Waals surface area contributed by atoms with Gasteiger partial charge in [-0.3, -0.25) is 9.78 Å². The van der Waals surface area contributed by atoms with Gasteiger partial charge in [-0.05, 0) is 111 Å². The summed E-state index contributed by atoms with van der Waals surface area (Å²) in [7, 11) is 2.21. The predicted octanol–water partition coefficient (Wildman–Crippen LogP) is 4.26. The number of allylic oxidation sites excluding steroid dienone is 4. The summed E-state index contributed by atoms with van der Waals surface area (Å²) in [5.74, 6) is 1.88. The molecule has 0 radical (unpaired) electrons. The first-order valence-electron chi connectivity index (χ1n) is 14.8. The zero-order chi connectivity index (χ0) is 26.1. The van der Waals surface area contributed by atoms with Crippen molar-refractivity contribution in [2.45, 2.75) is 57.9 Å². The molecule has 1 spiro atoms. The van der Waals surface area contributed by atoms with Gasteiger partial charge in [0.05, 0.1) is 0 Å². The van der Waals surface area contributed by atoms with E-state index < -0.39 is 0 Å². The number of hydrogen-bond acceptors (Lipinski definition) is 4. The van der Waals surface area contributed by atoms with Gasteiger partial charge in [0.1, 0.15) is 0 Å². The van der Waals surface area contributed by atoms with Crippen molar-refractivity contribution in [3.05, 3.63) is 53.4 Å². The number of rotatable bonds is 5. The first kappa shape index (κ1) is 25.6. The van der Waals surface area contributed by atoms with Crippen LogP contribution in [0.5, 0.6) is 0 Å². The Hall–Kier alpha value is -2.67. The maximum Gasteiger partial charge on any atom is 0.317 e. The first-order chi connectivity index (χ1) is 18.5. The Morgan fingerprint density at radius 2 is 1.92 bits per heavy atom. The number of carbonyl (C=O) groups excluding carboxylic acids is 2. The second-order valence-electron chi connectivity index (χ2n) is 12.5. The Balaban J connectivity index is 0.00000308. The average Bonchev–Trinajstić information content (AvgIpc) is 3.63. The third-order valence-corrected chi connectivity index (χ3v) is 10.1. The van der Waals surface area contributed by atoms with E-state index in [-0.39, 0.29) is 7.46 Å². The number of piperidine rings is 2. The summed E-state index contributed by atoms with van der Waals surface area (Å²) < 4.78 is 0. The lowest BCUT2D eigenvalue weighted by Gasteiger charge is -2.34. The van der Waals surface area contributed by atoms with Crippen LogP contribution in [0, 0.1) is 23.2 Å². The first-order valence-corrected chi connectivity index (χ1v) is 14.8. The molecule has 6 rings (SSSR count). The van der Waals surface area contributed by atoms with Crippen LogP contribution in [0.4, 0.5) is 4.79 Å². The van der Waals surface area contributed by atoms with Gasteiger partial charge in [0.2, 0.25) is 5.91 Å². The standard InChI is InChI=1S/C31H43N5O2.H2/c1-34-12-6-24(7-13-34)25-4-2-3-23(17-25)18-29(37)35-15-9-31(10-16-35)19-28(31)21-33-30(38)36-14-8-26-20-32-11-5-27(26)22-36;/h2,4-5,11,17,20,23-24,28H,3,6-10,12-16,18-19,21-22H2,1H3,(H,33,38);1H. The molecule has 0 aromatic carbocycles. The van der Waals surface area contributed by atoms with Gasteiger partial charge in [-0.2, -0.15) is 0 Å². The number of nitrogens with zero attached hydrogens (tertiary/aromatic N) is 4. The van der Waals surface area contributed by atoms with Crippen molar-refractivity contribution in [1.82, 2.24) is 25.0 Å². The molecule has 5 aliphatic rings. The quantitative estimate of drug-likeness (QED) is 0.631. The maximum atomic E-state index is 13.2. The molecule has 0 bridgehead atoms. The Labute approximate surface area is 228 Å². The Kier molecular flexibility index (Phi) is 7.30. The summed E-state index contributed by atoms with van der Waals surface area (Å²) in [6.45, 7) is 6.26. The predicted molar refractivity (Wildman–Crippen MR) is 150 cm³/mol. The molecule has 2 unspecified atom stereocenters. The second-order valence-corrected chi connectivity index (χ2v) is 12.5. The van der Waals surface area contributed by atoms with Gasteiger partial charge in [-0.15, -0.1) is 0 Å². The Bertz CT molecular complexity index is 1100. The summed E-state index contributed by atoms with van der Waals surface area (Å²) in [5.41, 5.74) is 4.26. The third-order valence-electron chi connectivity index (χ3n) is 10.1. The molecule has 206 valence electrons. The highest BCUT2D eigenvalue weighted by Crippen LogP contribution is 2.59. The molecule has 7 heteroatoms. The van der Waals surface area contributed by atoms with Gasteiger partial charge >= 0.3 is 6.03 Å². The molecule has 7 nitrogen and oxygen atoms in total. The van der Waals surface area contributed by atoms with Crippen LogP contribution >= 0.6 is 0 Å². The molecular weight excluding hydrogens is 474 g/mol. The van der Waals surface area contributed by atoms with E-state index in [4.69, 9.17) is 0 Å². The molecule has 3 aliphatic heterocycles. The number of amides is 3. The molecule has 3 amide bonds. The zero-order valence-corrected chi connectivity index (χ0v) is 22.9. The number of hydrogen-bond donors (Lipinski definition) is 1. The van der Waals surface area contributed by atoms with Crippen LogP contribution in [0.15, 0.2) is 42.3 Å². The summed E-state index contributed by atoms with van der Waals surface area (Å²) in [6.07, 6.45) is 19.0. The van der Waals surface area contributed by atoms with E-state index in [1.807, 2.05) is 23.4 Å². The fraction of sp³-hybridized carbons (Fsp3) is 0.645. The van der Waals surface area contributed by atoms with Gasteiger partial charge in [0.25, 0.3) is 0 Å². The van der Waals surface area contributed by atoms with E-state index in [1.54, 1.807) is 0 Å². The van der Waals surface area contributed by atoms with E-state index in [9.17, 15) is 9.59 Å². The van der Waals surface area contributed by atoms with Crippen molar-refractivity contribution < 1.29 is 11.0 Å². The zero-order valence-electron chi connectivity index (χ0n) is 22.9. The van der Waals surface area contributed by atoms with Crippen LogP contribution < -0.4 is 5.32 Å². The lowest BCUT2D eigenvalue weighted by Crippen LogP contribution is -2.44. The number of fused-ring (bicyclic) bond motifs is 1. The Morgan fingerprint density at radius 1 is 1.11 bits per heavy atom. The molecule has 38 heavy (non-hydrogen) atoms. The normalized spacial score (nSPS) is 27.1. The Morgan fingerprint density at radius 3 is 2.74 bits per heavy atom. The van der Waals surface area contributed by atoms with E-state index in [0.717, 1.165) is 51.9 Å². The van der Waals surface area contributed by atoms with E-state index in [2.05, 4.69) is 45.4 Å². The van der Waals surface area contributed by atoms with Gasteiger partial charge in [-0.25, -0.2) is 4.79 Å². The number of urea groups is 1. The van der Waals surface area contributed by atoms with Crippen molar-refractivity contribution in [3.8, 4) is 0 Å². The van der Waals surface area contributed by atoms with Crippen LogP contribution in [-0.4, -0.2) is 77.9 Å². The van der Waals surface area contributed by atoms with Crippen molar-refractivity contribution in [2.75, 3.05) is 46.3 Å². The monoisotopic (exact) mass is 519 g/mol. The van der Waals surface area contributed by atoms with Crippen LogP contribution in [0.1, 0.15) is 57.5 Å². The summed E-state index contributed by atoms with van der Waals surface area (Å²) in [5, 5.41) is 3.21. The average molecular weight is 520 g/mol. The minimum absolute atomic E-state index is 0. The highest BCUT2D eigenvalue weighted by atomic mass is 16.2. The van der Waals surface area contributed by atoms with Crippen molar-refractivity contribution >= 4 is 11.9 Å². The van der Waals surface area contributed by atoms with Crippen molar-refractivity contribution in [3.63, 3.8) is 0 Å². The number of nitrogens with one attached hydrogen (secondary N) is 1. The van der Waals surface area contributed by atoms with Crippen LogP contribution in [0.2, 0.25) is 0 Å². The molecule has 3 fully saturated rings. The summed E-state index contributed by atoms with van der Waals surface area (Å²) in [6, 6.07) is 2.08. The minimum atomic E-state index is 0. The SMILES string of the molecule is CN1CCC(C2=CC(CC(=O)N3CCC4(CC3)CC4CNC(=O)N3CCc4cnccc4C3)CC=C2)CC1.[HH]. The lowest BCUT2D eigenvalue weighted by atomic mass is 9.82. The summed E-state index contributed by atoms with van der Waals surface area (Å²) >= 11 is 0.